The average molecular weight is 1060 g/mol. The highest BCUT2D eigenvalue weighted by molar-refractivity contribution is 8.00. The van der Waals surface area contributed by atoms with Crippen molar-refractivity contribution in [2.24, 2.45) is 9.78 Å². The van der Waals surface area contributed by atoms with Gasteiger partial charge in [0.05, 0.1) is 22.3 Å². The van der Waals surface area contributed by atoms with Gasteiger partial charge in [0.15, 0.2) is 0 Å². The first-order chi connectivity index (χ1) is 33.5. The molecular formula is C48H56ClF3N8O8S3. The van der Waals surface area contributed by atoms with Crippen LogP contribution in [0.3, 0.4) is 0 Å². The van der Waals surface area contributed by atoms with Gasteiger partial charge in [-0.05, 0) is 90.4 Å². The van der Waals surface area contributed by atoms with Crippen molar-refractivity contribution in [2.45, 2.75) is 55.3 Å². The van der Waals surface area contributed by atoms with Gasteiger partial charge in [-0.2, -0.15) is 17.5 Å². The van der Waals surface area contributed by atoms with Crippen LogP contribution in [0.1, 0.15) is 56.0 Å². The highest BCUT2D eigenvalue weighted by atomic mass is 35.5. The Bertz CT molecular complexity index is 3150. The van der Waals surface area contributed by atoms with Gasteiger partial charge in [0.25, 0.3) is 25.8 Å². The minimum absolute atomic E-state index is 0.0368. The molecule has 3 aliphatic rings. The highest BCUT2D eigenvalue weighted by Crippen LogP contribution is 2.44. The minimum atomic E-state index is -6.12. The molecule has 2 fully saturated rings. The van der Waals surface area contributed by atoms with Crippen LogP contribution in [0.25, 0.3) is 16.6 Å². The number of rotatable bonds is 14. The summed E-state index contributed by atoms with van der Waals surface area (Å²) in [6.07, 6.45) is 6.16. The summed E-state index contributed by atoms with van der Waals surface area (Å²) in [5.74, 6) is -1.01. The summed E-state index contributed by atoms with van der Waals surface area (Å²) in [6.45, 7) is 10.2. The Hall–Kier alpha value is -5.36. The number of aromatic nitrogens is 2. The van der Waals surface area contributed by atoms with Gasteiger partial charge in [-0.1, -0.05) is 53.3 Å². The summed E-state index contributed by atoms with van der Waals surface area (Å²) < 4.78 is 118. The number of anilines is 2. The molecule has 0 bridgehead atoms. The second-order valence-corrected chi connectivity index (χ2v) is 25.7. The fourth-order valence-electron chi connectivity index (χ4n) is 9.14. The molecule has 23 heteroatoms. The Balaban J connectivity index is 1.01. The Labute approximate surface area is 416 Å². The number of amides is 2. The topological polar surface area (TPSA) is 207 Å². The molecule has 8 rings (SSSR count). The van der Waals surface area contributed by atoms with E-state index in [1.165, 1.54) is 35.9 Å². The summed E-state index contributed by atoms with van der Waals surface area (Å²) in [4.78, 5) is 37.0. The van der Waals surface area contributed by atoms with Crippen molar-refractivity contribution in [2.75, 3.05) is 80.6 Å². The molecule has 1 aliphatic carbocycles. The van der Waals surface area contributed by atoms with Crippen LogP contribution in [-0.2, 0) is 34.8 Å². The third-order valence-corrected chi connectivity index (χ3v) is 18.6. The molecule has 2 amide bonds. The van der Waals surface area contributed by atoms with Crippen molar-refractivity contribution in [1.29, 1.82) is 0 Å². The van der Waals surface area contributed by atoms with E-state index in [0.29, 0.717) is 54.0 Å². The predicted molar refractivity (Wildman–Crippen MR) is 271 cm³/mol. The van der Waals surface area contributed by atoms with Gasteiger partial charge in [-0.3, -0.25) is 19.4 Å². The highest BCUT2D eigenvalue weighted by Gasteiger charge is 2.48. The number of hydrogen-bond acceptors (Lipinski definition) is 12. The standard InChI is InChI=1S/C48H56ClF3N8O8S3/c1-32(61)56-69(63)24-22-58(23-25-69)17-16-53-42-11-9-39(28-44(42)70(64,65)48(50,51)52)71(66,67)57-46(62)40-10-8-37(27-43(40)68-38-26-34-13-15-54-45(34)55-30-38)60-20-18-59(19-21-60)31-35-12-14-47(2,3)29-41(35)33-4-6-36(49)7-5-33/h4-11,13,15,26-28,30,53,69H,12,14,16-25,29,31H2,1-3H3,(H,54,55)(H,57,62)(H,56,61,63). The SMILES string of the molecule is CC(=O)N=[SH]1(O)CCN(CCNc2ccc(S(=O)(=O)NC(=O)c3ccc(N4CCN(CC5=C(c6ccc(Cl)cc6)CC(C)(C)CC5)CC4)cc3Oc3cnc4[nH]ccc4c3)cc2S(=O)(=O)C(F)(F)F)CC1. The lowest BCUT2D eigenvalue weighted by molar-refractivity contribution is -0.115. The lowest BCUT2D eigenvalue weighted by Gasteiger charge is -2.39. The first-order valence-corrected chi connectivity index (χ1v) is 28.4. The van der Waals surface area contributed by atoms with Gasteiger partial charge in [-0.15, -0.1) is 0 Å². The van der Waals surface area contributed by atoms with Crippen LogP contribution in [0.2, 0.25) is 5.02 Å². The summed E-state index contributed by atoms with van der Waals surface area (Å²) in [5, 5.41) is 4.06. The maximum absolute atomic E-state index is 14.1. The second kappa shape index (κ2) is 20.6. The molecule has 2 aromatic heterocycles. The van der Waals surface area contributed by atoms with Gasteiger partial charge in [-0.25, -0.2) is 26.5 Å². The zero-order valence-corrected chi connectivity index (χ0v) is 42.6. The molecule has 0 spiro atoms. The number of nitrogens with zero attached hydrogens (tertiary/aromatic N) is 5. The Morgan fingerprint density at radius 2 is 1.66 bits per heavy atom. The molecule has 382 valence electrons. The van der Waals surface area contributed by atoms with Crippen molar-refractivity contribution >= 4 is 81.4 Å². The van der Waals surface area contributed by atoms with E-state index in [4.69, 9.17) is 16.3 Å². The lowest BCUT2D eigenvalue weighted by Crippen LogP contribution is -2.47. The number of alkyl halides is 3. The number of sulfonamides is 1. The predicted octanol–water partition coefficient (Wildman–Crippen LogP) is 8.02. The number of carbonyl (C=O) groups excluding carboxylic acids is 2. The third-order valence-electron chi connectivity index (χ3n) is 13.0. The number of sulfone groups is 1. The van der Waals surface area contributed by atoms with Crippen molar-refractivity contribution in [3.63, 3.8) is 0 Å². The molecule has 16 nitrogen and oxygen atoms in total. The van der Waals surface area contributed by atoms with E-state index in [0.717, 1.165) is 51.0 Å². The normalized spacial score (nSPS) is 18.5. The molecule has 0 saturated carbocycles. The van der Waals surface area contributed by atoms with Gasteiger partial charge in [0.1, 0.15) is 22.0 Å². The molecule has 4 heterocycles. The number of ether oxygens (including phenoxy) is 1. The maximum atomic E-state index is 14.1. The Morgan fingerprint density at radius 3 is 2.35 bits per heavy atom. The minimum Gasteiger partial charge on any atom is -0.455 e. The second-order valence-electron chi connectivity index (χ2n) is 18.8. The Kier molecular flexibility index (Phi) is 15.1. The van der Waals surface area contributed by atoms with Crippen molar-refractivity contribution in [1.82, 2.24) is 24.5 Å². The van der Waals surface area contributed by atoms with E-state index in [9.17, 15) is 44.1 Å². The summed E-state index contributed by atoms with van der Waals surface area (Å²) in [7, 11) is -13.9. The summed E-state index contributed by atoms with van der Waals surface area (Å²) in [6, 6.07) is 18.3. The van der Waals surface area contributed by atoms with Gasteiger partial charge in [0.2, 0.25) is 5.91 Å². The fourth-order valence-corrected chi connectivity index (χ4v) is 13.4. The van der Waals surface area contributed by atoms with Crippen LogP contribution >= 0.6 is 11.6 Å². The van der Waals surface area contributed by atoms with Crippen LogP contribution in [0.4, 0.5) is 24.5 Å². The van der Waals surface area contributed by atoms with Crippen molar-refractivity contribution in [3.8, 4) is 11.5 Å². The molecular weight excluding hydrogens is 1010 g/mol. The number of allylic oxidation sites excluding steroid dienone is 1. The number of benzene rings is 3. The van der Waals surface area contributed by atoms with E-state index in [2.05, 4.69) is 55.4 Å². The van der Waals surface area contributed by atoms with Crippen LogP contribution in [0.5, 0.6) is 11.5 Å². The molecule has 0 atom stereocenters. The monoisotopic (exact) mass is 1060 g/mol. The maximum Gasteiger partial charge on any atom is 0.501 e. The zero-order valence-electron chi connectivity index (χ0n) is 39.3. The number of aromatic amines is 1. The molecule has 0 unspecified atom stereocenters. The van der Waals surface area contributed by atoms with Gasteiger partial charge >= 0.3 is 5.51 Å². The van der Waals surface area contributed by atoms with E-state index >= 15 is 0 Å². The Morgan fingerprint density at radius 1 is 0.944 bits per heavy atom. The van der Waals surface area contributed by atoms with Crippen LogP contribution in [0.15, 0.2) is 105 Å². The molecule has 3 aromatic carbocycles. The largest absolute Gasteiger partial charge is 0.501 e. The van der Waals surface area contributed by atoms with E-state index in [1.54, 1.807) is 30.5 Å². The summed E-state index contributed by atoms with van der Waals surface area (Å²) in [5.41, 5.74) is -1.17. The van der Waals surface area contributed by atoms with Crippen LogP contribution in [-0.4, -0.2) is 129 Å². The van der Waals surface area contributed by atoms with Crippen LogP contribution < -0.4 is 19.7 Å². The molecule has 4 N–H and O–H groups in total. The first-order valence-electron chi connectivity index (χ1n) is 23.0. The first kappa shape index (κ1) is 52.0. The van der Waals surface area contributed by atoms with Crippen LogP contribution in [0, 0.1) is 5.41 Å². The zero-order chi connectivity index (χ0) is 50.9. The number of pyridine rings is 1. The van der Waals surface area contributed by atoms with E-state index in [1.807, 2.05) is 21.8 Å². The number of halogens is 4. The van der Waals surface area contributed by atoms with E-state index in [-0.39, 0.29) is 47.1 Å². The number of piperazine rings is 1. The number of hydrogen-bond donors (Lipinski definition) is 5. The molecule has 2 saturated heterocycles. The molecule has 2 aliphatic heterocycles. The smallest absolute Gasteiger partial charge is 0.455 e. The molecule has 0 radical (unpaired) electrons. The number of carbonyl (C=O) groups is 2. The van der Waals surface area contributed by atoms with Crippen molar-refractivity contribution in [3.05, 3.63) is 107 Å². The number of thiol groups is 1. The van der Waals surface area contributed by atoms with Crippen molar-refractivity contribution < 1.29 is 48.9 Å². The summed E-state index contributed by atoms with van der Waals surface area (Å²) >= 11 is 6.23. The quantitative estimate of drug-likeness (QED) is 0.0669. The van der Waals surface area contributed by atoms with Gasteiger partial charge in [0, 0.05) is 106 Å². The molecule has 71 heavy (non-hydrogen) atoms. The number of nitrogens with one attached hydrogen (secondary N) is 3. The molecule has 5 aromatic rings. The average Bonchev–Trinajstić information content (AvgIpc) is 3.78. The van der Waals surface area contributed by atoms with E-state index < -0.39 is 62.8 Å². The van der Waals surface area contributed by atoms with Gasteiger partial charge < -0.3 is 24.5 Å². The lowest BCUT2D eigenvalue weighted by atomic mass is 9.72. The third kappa shape index (κ3) is 12.3. The number of H-pyrrole nitrogens is 1. The number of fused-ring (bicyclic) bond motifs is 1. The fraction of sp³-hybridized carbons (Fsp3) is 0.396.